The molecule has 1 aromatic carbocycles. The molecule has 148 valence electrons. The zero-order valence-electron chi connectivity index (χ0n) is 15.7. The maximum absolute atomic E-state index is 12.5. The standard InChI is InChI=1S/C19H27N3O4S/c1-20(17-7-12-27(25,26)15-17)18(23)13-19(24)22-10-8-21(9-11-22)14-16-5-3-2-4-6-16/h2-6,17H,7-15H2,1H3. The Morgan fingerprint density at radius 3 is 2.37 bits per heavy atom. The highest BCUT2D eigenvalue weighted by atomic mass is 32.2. The minimum Gasteiger partial charge on any atom is -0.341 e. The third kappa shape index (κ3) is 5.29. The van der Waals surface area contributed by atoms with Gasteiger partial charge >= 0.3 is 0 Å². The van der Waals surface area contributed by atoms with Gasteiger partial charge in [-0.05, 0) is 12.0 Å². The number of amides is 2. The molecule has 0 spiro atoms. The largest absolute Gasteiger partial charge is 0.341 e. The van der Waals surface area contributed by atoms with Crippen LogP contribution in [-0.2, 0) is 26.0 Å². The van der Waals surface area contributed by atoms with Crippen LogP contribution in [0.1, 0.15) is 18.4 Å². The fourth-order valence-corrected chi connectivity index (χ4v) is 5.42. The maximum atomic E-state index is 12.5. The van der Waals surface area contributed by atoms with Crippen molar-refractivity contribution in [3.8, 4) is 0 Å². The van der Waals surface area contributed by atoms with E-state index < -0.39 is 9.84 Å². The molecule has 7 nitrogen and oxygen atoms in total. The van der Waals surface area contributed by atoms with E-state index in [9.17, 15) is 18.0 Å². The first kappa shape index (κ1) is 19.8. The first-order chi connectivity index (χ1) is 12.8. The van der Waals surface area contributed by atoms with Crippen molar-refractivity contribution in [1.82, 2.24) is 14.7 Å². The number of piperazine rings is 1. The summed E-state index contributed by atoms with van der Waals surface area (Å²) in [5.41, 5.74) is 1.25. The van der Waals surface area contributed by atoms with Gasteiger partial charge in [-0.3, -0.25) is 14.5 Å². The monoisotopic (exact) mass is 393 g/mol. The summed E-state index contributed by atoms with van der Waals surface area (Å²) in [6, 6.07) is 9.91. The number of hydrogen-bond donors (Lipinski definition) is 0. The van der Waals surface area contributed by atoms with E-state index in [0.717, 1.165) is 19.6 Å². The highest BCUT2D eigenvalue weighted by Crippen LogP contribution is 2.17. The van der Waals surface area contributed by atoms with Gasteiger partial charge in [0.05, 0.1) is 11.5 Å². The summed E-state index contributed by atoms with van der Waals surface area (Å²) in [6.07, 6.45) is 0.267. The molecule has 0 bridgehead atoms. The molecule has 8 heteroatoms. The van der Waals surface area contributed by atoms with Crippen LogP contribution in [-0.4, -0.2) is 85.7 Å². The molecule has 2 fully saturated rings. The summed E-state index contributed by atoms with van der Waals surface area (Å²) in [5.74, 6) is -0.352. The lowest BCUT2D eigenvalue weighted by molar-refractivity contribution is -0.141. The zero-order chi connectivity index (χ0) is 19.4. The summed E-state index contributed by atoms with van der Waals surface area (Å²) in [4.78, 5) is 30.3. The van der Waals surface area contributed by atoms with E-state index in [2.05, 4.69) is 17.0 Å². The molecule has 2 aliphatic rings. The molecule has 2 saturated heterocycles. The Balaban J connectivity index is 1.44. The van der Waals surface area contributed by atoms with Crippen molar-refractivity contribution in [2.45, 2.75) is 25.4 Å². The second-order valence-electron chi connectivity index (χ2n) is 7.38. The van der Waals surface area contributed by atoms with Crippen molar-refractivity contribution in [2.75, 3.05) is 44.7 Å². The van der Waals surface area contributed by atoms with Gasteiger partial charge in [0.25, 0.3) is 0 Å². The number of carbonyl (C=O) groups excluding carboxylic acids is 2. The lowest BCUT2D eigenvalue weighted by atomic mass is 10.2. The zero-order valence-corrected chi connectivity index (χ0v) is 16.5. The van der Waals surface area contributed by atoms with E-state index in [1.165, 1.54) is 10.5 Å². The summed E-state index contributed by atoms with van der Waals surface area (Å²) in [5, 5.41) is 0. The highest BCUT2D eigenvalue weighted by molar-refractivity contribution is 7.91. The van der Waals surface area contributed by atoms with Crippen molar-refractivity contribution in [3.63, 3.8) is 0 Å². The first-order valence-corrected chi connectivity index (χ1v) is 11.2. The van der Waals surface area contributed by atoms with Crippen LogP contribution < -0.4 is 0 Å². The van der Waals surface area contributed by atoms with Gasteiger partial charge in [-0.2, -0.15) is 0 Å². The van der Waals surface area contributed by atoms with Gasteiger partial charge in [-0.15, -0.1) is 0 Å². The smallest absolute Gasteiger partial charge is 0.232 e. The van der Waals surface area contributed by atoms with Crippen LogP contribution >= 0.6 is 0 Å². The Bertz CT molecular complexity index is 773. The number of carbonyl (C=O) groups is 2. The van der Waals surface area contributed by atoms with E-state index in [0.29, 0.717) is 19.5 Å². The molecular formula is C19H27N3O4S. The normalized spacial score (nSPS) is 22.6. The topological polar surface area (TPSA) is 78.0 Å². The molecule has 0 aliphatic carbocycles. The molecule has 0 radical (unpaired) electrons. The Kier molecular flexibility index (Phi) is 6.16. The van der Waals surface area contributed by atoms with Crippen molar-refractivity contribution in [1.29, 1.82) is 0 Å². The first-order valence-electron chi connectivity index (χ1n) is 9.34. The van der Waals surface area contributed by atoms with E-state index in [4.69, 9.17) is 0 Å². The van der Waals surface area contributed by atoms with Gasteiger partial charge < -0.3 is 9.80 Å². The van der Waals surface area contributed by atoms with Gasteiger partial charge in [-0.25, -0.2) is 8.42 Å². The number of hydrogen-bond acceptors (Lipinski definition) is 5. The third-order valence-corrected chi connectivity index (χ3v) is 7.18. The second kappa shape index (κ2) is 8.39. The van der Waals surface area contributed by atoms with E-state index in [1.54, 1.807) is 11.9 Å². The van der Waals surface area contributed by atoms with Crippen LogP contribution in [0.5, 0.6) is 0 Å². The van der Waals surface area contributed by atoms with Gasteiger partial charge in [0.2, 0.25) is 11.8 Å². The van der Waals surface area contributed by atoms with Crippen LogP contribution in [0.4, 0.5) is 0 Å². The fourth-order valence-electron chi connectivity index (χ4n) is 3.65. The Hall–Kier alpha value is -1.93. The molecule has 0 saturated carbocycles. The third-order valence-electron chi connectivity index (χ3n) is 5.43. The minimum absolute atomic E-state index is 0.00158. The molecule has 3 rings (SSSR count). The van der Waals surface area contributed by atoms with Crippen molar-refractivity contribution in [3.05, 3.63) is 35.9 Å². The SMILES string of the molecule is CN(C(=O)CC(=O)N1CCN(Cc2ccccc2)CC1)C1CCS(=O)(=O)C1. The molecule has 0 aromatic heterocycles. The molecule has 1 unspecified atom stereocenters. The van der Waals surface area contributed by atoms with E-state index >= 15 is 0 Å². The fraction of sp³-hybridized carbons (Fsp3) is 0.579. The number of benzene rings is 1. The van der Waals surface area contributed by atoms with Gasteiger partial charge in [0.1, 0.15) is 6.42 Å². The van der Waals surface area contributed by atoms with Crippen LogP contribution in [0.2, 0.25) is 0 Å². The van der Waals surface area contributed by atoms with E-state index in [1.807, 2.05) is 18.2 Å². The van der Waals surface area contributed by atoms with Crippen LogP contribution in [0.3, 0.4) is 0 Å². The number of sulfone groups is 1. The van der Waals surface area contributed by atoms with Gasteiger partial charge in [0, 0.05) is 45.8 Å². The van der Waals surface area contributed by atoms with E-state index in [-0.39, 0.29) is 35.8 Å². The van der Waals surface area contributed by atoms with Crippen LogP contribution in [0, 0.1) is 0 Å². The van der Waals surface area contributed by atoms with Crippen LogP contribution in [0.15, 0.2) is 30.3 Å². The van der Waals surface area contributed by atoms with Crippen molar-refractivity contribution < 1.29 is 18.0 Å². The summed E-state index contributed by atoms with van der Waals surface area (Å²) in [7, 11) is -1.45. The average molecular weight is 394 g/mol. The Morgan fingerprint density at radius 1 is 1.11 bits per heavy atom. The molecular weight excluding hydrogens is 366 g/mol. The average Bonchev–Trinajstić information content (AvgIpc) is 3.02. The number of rotatable bonds is 5. The molecule has 27 heavy (non-hydrogen) atoms. The lowest BCUT2D eigenvalue weighted by Crippen LogP contribution is -2.49. The minimum atomic E-state index is -3.05. The molecule has 1 atom stereocenters. The summed E-state index contributed by atoms with van der Waals surface area (Å²) >= 11 is 0. The molecule has 1 aromatic rings. The Labute approximate surface area is 160 Å². The van der Waals surface area contributed by atoms with Gasteiger partial charge in [0.15, 0.2) is 9.84 Å². The summed E-state index contributed by atoms with van der Waals surface area (Å²) < 4.78 is 23.2. The maximum Gasteiger partial charge on any atom is 0.232 e. The lowest BCUT2D eigenvalue weighted by Gasteiger charge is -2.35. The van der Waals surface area contributed by atoms with Crippen molar-refractivity contribution >= 4 is 21.7 Å². The Morgan fingerprint density at radius 2 is 1.78 bits per heavy atom. The summed E-state index contributed by atoms with van der Waals surface area (Å²) in [6.45, 7) is 3.65. The van der Waals surface area contributed by atoms with Crippen LogP contribution in [0.25, 0.3) is 0 Å². The molecule has 2 aliphatic heterocycles. The second-order valence-corrected chi connectivity index (χ2v) is 9.61. The van der Waals surface area contributed by atoms with Gasteiger partial charge in [-0.1, -0.05) is 30.3 Å². The van der Waals surface area contributed by atoms with Crippen molar-refractivity contribution in [2.24, 2.45) is 0 Å². The molecule has 0 N–H and O–H groups in total. The molecule has 2 amide bonds. The quantitative estimate of drug-likeness (QED) is 0.676. The predicted molar refractivity (Wildman–Crippen MR) is 103 cm³/mol. The predicted octanol–water partition coefficient (Wildman–Crippen LogP) is 0.366. The highest BCUT2D eigenvalue weighted by Gasteiger charge is 2.33. The molecule has 2 heterocycles. The number of nitrogens with zero attached hydrogens (tertiary/aromatic N) is 3.